The van der Waals surface area contributed by atoms with Crippen molar-refractivity contribution in [1.29, 1.82) is 0 Å². The van der Waals surface area contributed by atoms with E-state index in [4.69, 9.17) is 11.6 Å². The van der Waals surface area contributed by atoms with Gasteiger partial charge in [-0.2, -0.15) is 5.10 Å². The Labute approximate surface area is 186 Å². The first-order chi connectivity index (χ1) is 14.9. The molecule has 1 aliphatic heterocycles. The fourth-order valence-electron chi connectivity index (χ4n) is 3.95. The molecule has 0 fully saturated rings. The third-order valence-electron chi connectivity index (χ3n) is 5.55. The summed E-state index contributed by atoms with van der Waals surface area (Å²) < 4.78 is 1.75. The van der Waals surface area contributed by atoms with E-state index in [1.165, 1.54) is 11.1 Å². The molecular formula is C24H25ClN4O2. The summed E-state index contributed by atoms with van der Waals surface area (Å²) in [6, 6.07) is 15.5. The summed E-state index contributed by atoms with van der Waals surface area (Å²) in [6.45, 7) is 5.23. The van der Waals surface area contributed by atoms with Crippen molar-refractivity contribution >= 4 is 23.4 Å². The molecule has 0 aliphatic carbocycles. The van der Waals surface area contributed by atoms with Crippen LogP contribution in [0, 0.1) is 0 Å². The minimum absolute atomic E-state index is 0.0370. The zero-order valence-corrected chi connectivity index (χ0v) is 18.4. The number of carbonyl (C=O) groups excluding carboxylic acids is 2. The Hall–Kier alpha value is -3.12. The third-order valence-corrected chi connectivity index (χ3v) is 5.80. The molecule has 7 heteroatoms. The van der Waals surface area contributed by atoms with Gasteiger partial charge in [-0.05, 0) is 47.7 Å². The van der Waals surface area contributed by atoms with Gasteiger partial charge in [-0.15, -0.1) is 0 Å². The van der Waals surface area contributed by atoms with Crippen molar-refractivity contribution in [3.05, 3.63) is 82.1 Å². The van der Waals surface area contributed by atoms with Crippen LogP contribution in [0.1, 0.15) is 46.9 Å². The molecule has 4 rings (SSSR count). The van der Waals surface area contributed by atoms with Crippen LogP contribution in [0.5, 0.6) is 0 Å². The lowest BCUT2D eigenvalue weighted by atomic mass is 10.00. The van der Waals surface area contributed by atoms with Gasteiger partial charge in [0.15, 0.2) is 0 Å². The van der Waals surface area contributed by atoms with E-state index < -0.39 is 0 Å². The Morgan fingerprint density at radius 3 is 2.52 bits per heavy atom. The molecule has 2 amide bonds. The Bertz CT molecular complexity index is 1110. The highest BCUT2D eigenvalue weighted by Crippen LogP contribution is 2.24. The molecule has 0 unspecified atom stereocenters. The Morgan fingerprint density at radius 1 is 1.10 bits per heavy atom. The summed E-state index contributed by atoms with van der Waals surface area (Å²) in [4.78, 5) is 27.4. The molecule has 3 aromatic rings. The van der Waals surface area contributed by atoms with Gasteiger partial charge in [0.2, 0.25) is 5.91 Å². The summed E-state index contributed by atoms with van der Waals surface area (Å²) in [5, 5.41) is 7.84. The van der Waals surface area contributed by atoms with E-state index in [1.807, 2.05) is 44.2 Å². The first kappa shape index (κ1) is 21.1. The van der Waals surface area contributed by atoms with Crippen molar-refractivity contribution in [1.82, 2.24) is 20.0 Å². The Balaban J connectivity index is 1.45. The first-order valence-corrected chi connectivity index (χ1v) is 10.8. The van der Waals surface area contributed by atoms with Gasteiger partial charge < -0.3 is 10.2 Å². The van der Waals surface area contributed by atoms with E-state index in [-0.39, 0.29) is 24.3 Å². The van der Waals surface area contributed by atoms with Gasteiger partial charge in [0.25, 0.3) is 5.91 Å². The number of nitrogens with zero attached hydrogens (tertiary/aromatic N) is 3. The third kappa shape index (κ3) is 4.49. The van der Waals surface area contributed by atoms with Crippen LogP contribution in [-0.2, 0) is 17.8 Å². The Morgan fingerprint density at radius 2 is 1.81 bits per heavy atom. The molecule has 2 aromatic carbocycles. The number of aromatic nitrogens is 2. The number of amides is 2. The number of rotatable bonds is 5. The Kier molecular flexibility index (Phi) is 6.09. The number of carbonyl (C=O) groups is 2. The number of hydrogen-bond donors (Lipinski definition) is 1. The van der Waals surface area contributed by atoms with Gasteiger partial charge in [-0.3, -0.25) is 9.59 Å². The molecule has 160 valence electrons. The van der Waals surface area contributed by atoms with Crippen LogP contribution in [-0.4, -0.2) is 39.6 Å². The zero-order valence-electron chi connectivity index (χ0n) is 17.6. The molecule has 0 saturated carbocycles. The van der Waals surface area contributed by atoms with E-state index in [9.17, 15) is 9.59 Å². The highest BCUT2D eigenvalue weighted by Gasteiger charge is 2.24. The maximum absolute atomic E-state index is 12.9. The van der Waals surface area contributed by atoms with Crippen molar-refractivity contribution in [3.8, 4) is 5.69 Å². The normalized spacial score (nSPS) is 13.2. The summed E-state index contributed by atoms with van der Waals surface area (Å²) in [5.41, 5.74) is 4.54. The molecule has 0 saturated heterocycles. The highest BCUT2D eigenvalue weighted by molar-refractivity contribution is 6.30. The second kappa shape index (κ2) is 8.94. The van der Waals surface area contributed by atoms with Gasteiger partial charge >= 0.3 is 0 Å². The summed E-state index contributed by atoms with van der Waals surface area (Å²) in [7, 11) is 0. The smallest absolute Gasteiger partial charge is 0.255 e. The molecule has 0 atom stereocenters. The minimum atomic E-state index is -0.297. The maximum Gasteiger partial charge on any atom is 0.255 e. The number of hydrogen-bond acceptors (Lipinski definition) is 3. The van der Waals surface area contributed by atoms with Crippen LogP contribution in [0.2, 0.25) is 5.02 Å². The van der Waals surface area contributed by atoms with Gasteiger partial charge in [0.1, 0.15) is 0 Å². The molecule has 2 heterocycles. The van der Waals surface area contributed by atoms with Gasteiger partial charge in [-0.1, -0.05) is 49.7 Å². The molecule has 31 heavy (non-hydrogen) atoms. The fraction of sp³-hybridized carbons (Fsp3) is 0.292. The summed E-state index contributed by atoms with van der Waals surface area (Å²) in [5.74, 6) is -0.318. The minimum Gasteiger partial charge on any atom is -0.343 e. The van der Waals surface area contributed by atoms with Gasteiger partial charge in [0, 0.05) is 18.1 Å². The SMILES string of the molecule is CC(C)c1c(C(=O)NCC(=O)N2CCc3ccccc3C2)cnn1-c1ccc(Cl)cc1. The van der Waals surface area contributed by atoms with Gasteiger partial charge in [0.05, 0.1) is 29.7 Å². The predicted octanol–water partition coefficient (Wildman–Crippen LogP) is 3.96. The van der Waals surface area contributed by atoms with E-state index in [1.54, 1.807) is 27.9 Å². The van der Waals surface area contributed by atoms with Crippen LogP contribution in [0.4, 0.5) is 0 Å². The standard InChI is InChI=1S/C24H25ClN4O2/c1-16(2)23-21(13-27-29(23)20-9-7-19(25)8-10-20)24(31)26-14-22(30)28-12-11-17-5-3-4-6-18(17)15-28/h3-10,13,16H,11-12,14-15H2,1-2H3,(H,26,31). The molecule has 0 bridgehead atoms. The molecule has 1 N–H and O–H groups in total. The van der Waals surface area contributed by atoms with Gasteiger partial charge in [-0.25, -0.2) is 4.68 Å². The van der Waals surface area contributed by atoms with Crippen LogP contribution in [0.15, 0.2) is 54.7 Å². The van der Waals surface area contributed by atoms with E-state index in [0.717, 1.165) is 17.8 Å². The van der Waals surface area contributed by atoms with E-state index >= 15 is 0 Å². The van der Waals surface area contributed by atoms with Crippen LogP contribution >= 0.6 is 11.6 Å². The number of fused-ring (bicyclic) bond motifs is 1. The van der Waals surface area contributed by atoms with Crippen molar-refractivity contribution in [2.75, 3.05) is 13.1 Å². The molecule has 0 radical (unpaired) electrons. The second-order valence-corrected chi connectivity index (χ2v) is 8.44. The van der Waals surface area contributed by atoms with Crippen LogP contribution in [0.3, 0.4) is 0 Å². The zero-order chi connectivity index (χ0) is 22.0. The molecule has 6 nitrogen and oxygen atoms in total. The van der Waals surface area contributed by atoms with Crippen molar-refractivity contribution in [2.45, 2.75) is 32.7 Å². The number of halogens is 1. The summed E-state index contributed by atoms with van der Waals surface area (Å²) in [6.07, 6.45) is 2.39. The molecule has 1 aromatic heterocycles. The quantitative estimate of drug-likeness (QED) is 0.658. The average molecular weight is 437 g/mol. The summed E-state index contributed by atoms with van der Waals surface area (Å²) >= 11 is 5.99. The lowest BCUT2D eigenvalue weighted by Crippen LogP contribution is -2.42. The highest BCUT2D eigenvalue weighted by atomic mass is 35.5. The second-order valence-electron chi connectivity index (χ2n) is 8.00. The lowest BCUT2D eigenvalue weighted by molar-refractivity contribution is -0.131. The predicted molar refractivity (Wildman–Crippen MR) is 121 cm³/mol. The maximum atomic E-state index is 12.9. The molecular weight excluding hydrogens is 412 g/mol. The van der Waals surface area contributed by atoms with E-state index in [0.29, 0.717) is 23.7 Å². The number of benzene rings is 2. The van der Waals surface area contributed by atoms with E-state index in [2.05, 4.69) is 16.5 Å². The number of nitrogens with one attached hydrogen (secondary N) is 1. The average Bonchev–Trinajstić information content (AvgIpc) is 3.23. The lowest BCUT2D eigenvalue weighted by Gasteiger charge is -2.29. The van der Waals surface area contributed by atoms with Crippen molar-refractivity contribution < 1.29 is 9.59 Å². The van der Waals surface area contributed by atoms with Crippen molar-refractivity contribution in [3.63, 3.8) is 0 Å². The molecule has 1 aliphatic rings. The van der Waals surface area contributed by atoms with Crippen molar-refractivity contribution in [2.24, 2.45) is 0 Å². The van der Waals surface area contributed by atoms with Crippen LogP contribution < -0.4 is 5.32 Å². The fourth-order valence-corrected chi connectivity index (χ4v) is 4.07. The molecule has 0 spiro atoms. The monoisotopic (exact) mass is 436 g/mol. The topological polar surface area (TPSA) is 67.2 Å². The largest absolute Gasteiger partial charge is 0.343 e. The first-order valence-electron chi connectivity index (χ1n) is 10.4. The van der Waals surface area contributed by atoms with Crippen LogP contribution in [0.25, 0.3) is 5.69 Å².